The van der Waals surface area contributed by atoms with E-state index < -0.39 is 0 Å². The van der Waals surface area contributed by atoms with Crippen molar-refractivity contribution in [2.75, 3.05) is 18.9 Å². The van der Waals surface area contributed by atoms with E-state index in [2.05, 4.69) is 9.97 Å². The van der Waals surface area contributed by atoms with Crippen LogP contribution in [0.4, 0.5) is 5.69 Å². The number of nitrogen functional groups attached to an aromatic ring is 1. The highest BCUT2D eigenvalue weighted by molar-refractivity contribution is 5.90. The maximum atomic E-state index is 5.95. The first-order valence-electron chi connectivity index (χ1n) is 6.46. The van der Waals surface area contributed by atoms with E-state index in [1.807, 2.05) is 36.4 Å². The lowest BCUT2D eigenvalue weighted by molar-refractivity contribution is 0.172. The number of ether oxygens (including phenoxy) is 2. The number of fused-ring (bicyclic) bond motifs is 2. The van der Waals surface area contributed by atoms with Crippen molar-refractivity contribution in [2.45, 2.75) is 0 Å². The zero-order valence-corrected chi connectivity index (χ0v) is 10.7. The van der Waals surface area contributed by atoms with Gasteiger partial charge in [-0.25, -0.2) is 4.98 Å². The Morgan fingerprint density at radius 1 is 1.05 bits per heavy atom. The number of aromatic amines is 1. The van der Waals surface area contributed by atoms with Crippen LogP contribution in [0.15, 0.2) is 36.4 Å². The number of para-hydroxylation sites is 2. The third kappa shape index (κ3) is 1.60. The molecule has 3 aromatic rings. The van der Waals surface area contributed by atoms with E-state index in [0.717, 1.165) is 33.9 Å². The summed E-state index contributed by atoms with van der Waals surface area (Å²) in [6.45, 7) is 1.12. The summed E-state index contributed by atoms with van der Waals surface area (Å²) >= 11 is 0. The predicted octanol–water partition coefficient (Wildman–Crippen LogP) is 2.58. The maximum absolute atomic E-state index is 5.95. The largest absolute Gasteiger partial charge is 0.486 e. The number of nitrogens with zero attached hydrogens (tertiary/aromatic N) is 1. The van der Waals surface area contributed by atoms with Gasteiger partial charge < -0.3 is 20.2 Å². The van der Waals surface area contributed by atoms with Gasteiger partial charge in [0, 0.05) is 0 Å². The number of hydrogen-bond donors (Lipinski definition) is 2. The van der Waals surface area contributed by atoms with Crippen LogP contribution < -0.4 is 15.2 Å². The molecule has 2 aromatic carbocycles. The van der Waals surface area contributed by atoms with Gasteiger partial charge in [-0.1, -0.05) is 12.1 Å². The molecule has 0 atom stereocenters. The molecule has 0 saturated heterocycles. The Kier molecular flexibility index (Phi) is 2.32. The van der Waals surface area contributed by atoms with Gasteiger partial charge in [0.15, 0.2) is 11.5 Å². The van der Waals surface area contributed by atoms with Crippen LogP contribution in [0.25, 0.3) is 22.4 Å². The topological polar surface area (TPSA) is 73.2 Å². The molecule has 3 N–H and O–H groups in total. The van der Waals surface area contributed by atoms with E-state index in [0.29, 0.717) is 18.9 Å². The highest BCUT2D eigenvalue weighted by Crippen LogP contribution is 2.39. The molecule has 0 saturated carbocycles. The molecule has 4 rings (SSSR count). The van der Waals surface area contributed by atoms with Crippen molar-refractivity contribution < 1.29 is 9.47 Å². The van der Waals surface area contributed by atoms with E-state index in [4.69, 9.17) is 15.2 Å². The zero-order valence-electron chi connectivity index (χ0n) is 10.7. The molecule has 1 aliphatic rings. The molecule has 0 spiro atoms. The first-order chi connectivity index (χ1) is 9.83. The first kappa shape index (κ1) is 11.2. The fraction of sp³-hybridized carbons (Fsp3) is 0.133. The molecule has 2 heterocycles. The van der Waals surface area contributed by atoms with Crippen molar-refractivity contribution in [3.05, 3.63) is 36.4 Å². The van der Waals surface area contributed by atoms with Gasteiger partial charge in [-0.05, 0) is 24.3 Å². The lowest BCUT2D eigenvalue weighted by atomic mass is 10.1. The fourth-order valence-electron chi connectivity index (χ4n) is 2.44. The predicted molar refractivity (Wildman–Crippen MR) is 76.9 cm³/mol. The standard InChI is InChI=1S/C15H13N3O2/c16-10-4-2-5-11-13(10)18-15(17-11)9-3-1-6-12-14(9)20-8-7-19-12/h1-6H,7-8,16H2,(H,17,18). The number of aromatic nitrogens is 2. The van der Waals surface area contributed by atoms with E-state index in [9.17, 15) is 0 Å². The average Bonchev–Trinajstić information content (AvgIpc) is 2.92. The normalized spacial score (nSPS) is 13.6. The molecular weight excluding hydrogens is 254 g/mol. The molecule has 5 nitrogen and oxygen atoms in total. The molecule has 0 fully saturated rings. The summed E-state index contributed by atoms with van der Waals surface area (Å²) in [5.74, 6) is 2.22. The Balaban J connectivity index is 1.93. The fourth-order valence-corrected chi connectivity index (χ4v) is 2.44. The highest BCUT2D eigenvalue weighted by Gasteiger charge is 2.19. The van der Waals surface area contributed by atoms with Gasteiger partial charge in [-0.3, -0.25) is 0 Å². The second-order valence-corrected chi connectivity index (χ2v) is 4.66. The number of benzene rings is 2. The van der Waals surface area contributed by atoms with Gasteiger partial charge in [0.2, 0.25) is 0 Å². The van der Waals surface area contributed by atoms with Gasteiger partial charge in [0.25, 0.3) is 0 Å². The first-order valence-corrected chi connectivity index (χ1v) is 6.46. The number of nitrogens with one attached hydrogen (secondary N) is 1. The molecule has 1 aromatic heterocycles. The number of hydrogen-bond acceptors (Lipinski definition) is 4. The number of H-pyrrole nitrogens is 1. The average molecular weight is 267 g/mol. The van der Waals surface area contributed by atoms with E-state index in [1.165, 1.54) is 0 Å². The molecule has 100 valence electrons. The van der Waals surface area contributed by atoms with Crippen LogP contribution in [0.1, 0.15) is 0 Å². The van der Waals surface area contributed by atoms with Crippen LogP contribution in [0.2, 0.25) is 0 Å². The van der Waals surface area contributed by atoms with E-state index >= 15 is 0 Å². The van der Waals surface area contributed by atoms with Crippen molar-refractivity contribution >= 4 is 16.7 Å². The summed E-state index contributed by atoms with van der Waals surface area (Å²) in [5, 5.41) is 0. The molecule has 0 amide bonds. The highest BCUT2D eigenvalue weighted by atomic mass is 16.6. The minimum atomic E-state index is 0.548. The zero-order chi connectivity index (χ0) is 13.5. The summed E-state index contributed by atoms with van der Waals surface area (Å²) in [6.07, 6.45) is 0. The summed E-state index contributed by atoms with van der Waals surface area (Å²) in [6, 6.07) is 11.5. The summed E-state index contributed by atoms with van der Waals surface area (Å²) in [7, 11) is 0. The van der Waals surface area contributed by atoms with Gasteiger partial charge in [-0.2, -0.15) is 0 Å². The molecule has 5 heteroatoms. The number of rotatable bonds is 1. The molecule has 0 unspecified atom stereocenters. The Morgan fingerprint density at radius 2 is 1.90 bits per heavy atom. The van der Waals surface area contributed by atoms with Crippen molar-refractivity contribution in [3.63, 3.8) is 0 Å². The van der Waals surface area contributed by atoms with Crippen molar-refractivity contribution in [3.8, 4) is 22.9 Å². The second kappa shape index (κ2) is 4.16. The van der Waals surface area contributed by atoms with Gasteiger partial charge in [-0.15, -0.1) is 0 Å². The van der Waals surface area contributed by atoms with E-state index in [-0.39, 0.29) is 0 Å². The van der Waals surface area contributed by atoms with Crippen molar-refractivity contribution in [1.82, 2.24) is 9.97 Å². The SMILES string of the molecule is Nc1cccc2[nH]c(-c3cccc4c3OCCO4)nc12. The smallest absolute Gasteiger partial charge is 0.172 e. The maximum Gasteiger partial charge on any atom is 0.172 e. The molecule has 0 bridgehead atoms. The summed E-state index contributed by atoms with van der Waals surface area (Å²) in [5.41, 5.74) is 9.18. The number of anilines is 1. The summed E-state index contributed by atoms with van der Waals surface area (Å²) in [4.78, 5) is 7.85. The second-order valence-electron chi connectivity index (χ2n) is 4.66. The van der Waals surface area contributed by atoms with Crippen LogP contribution in [0, 0.1) is 0 Å². The number of imidazole rings is 1. The third-order valence-corrected chi connectivity index (χ3v) is 3.37. The lowest BCUT2D eigenvalue weighted by Gasteiger charge is -2.20. The molecule has 1 aliphatic heterocycles. The summed E-state index contributed by atoms with van der Waals surface area (Å²) < 4.78 is 11.3. The Hall–Kier alpha value is -2.69. The van der Waals surface area contributed by atoms with Crippen LogP contribution in [0.5, 0.6) is 11.5 Å². The minimum Gasteiger partial charge on any atom is -0.486 e. The Labute approximate surface area is 115 Å². The van der Waals surface area contributed by atoms with Gasteiger partial charge in [0.05, 0.1) is 16.8 Å². The Morgan fingerprint density at radius 3 is 2.80 bits per heavy atom. The molecule has 0 radical (unpaired) electrons. The number of nitrogens with two attached hydrogens (primary N) is 1. The Bertz CT molecular complexity index is 795. The third-order valence-electron chi connectivity index (χ3n) is 3.37. The van der Waals surface area contributed by atoms with Crippen molar-refractivity contribution in [2.24, 2.45) is 0 Å². The molecular formula is C15H13N3O2. The van der Waals surface area contributed by atoms with E-state index in [1.54, 1.807) is 0 Å². The molecule has 20 heavy (non-hydrogen) atoms. The lowest BCUT2D eigenvalue weighted by Crippen LogP contribution is -2.15. The molecule has 0 aliphatic carbocycles. The quantitative estimate of drug-likeness (QED) is 0.665. The van der Waals surface area contributed by atoms with Crippen LogP contribution >= 0.6 is 0 Å². The van der Waals surface area contributed by atoms with Gasteiger partial charge >= 0.3 is 0 Å². The van der Waals surface area contributed by atoms with Gasteiger partial charge in [0.1, 0.15) is 24.6 Å². The van der Waals surface area contributed by atoms with Crippen LogP contribution in [-0.2, 0) is 0 Å². The van der Waals surface area contributed by atoms with Crippen LogP contribution in [-0.4, -0.2) is 23.2 Å². The van der Waals surface area contributed by atoms with Crippen molar-refractivity contribution in [1.29, 1.82) is 0 Å². The van der Waals surface area contributed by atoms with Crippen LogP contribution in [0.3, 0.4) is 0 Å². The minimum absolute atomic E-state index is 0.548. The monoisotopic (exact) mass is 267 g/mol.